The zero-order valence-electron chi connectivity index (χ0n) is 13.8. The summed E-state index contributed by atoms with van der Waals surface area (Å²) in [6.07, 6.45) is -0.388. The smallest absolute Gasteiger partial charge is 0.387 e. The second-order valence-corrected chi connectivity index (χ2v) is 7.70. The van der Waals surface area contributed by atoms with Gasteiger partial charge in [-0.1, -0.05) is 11.6 Å². The third-order valence-electron chi connectivity index (χ3n) is 3.57. The van der Waals surface area contributed by atoms with Crippen molar-refractivity contribution < 1.29 is 31.5 Å². The molecule has 1 heterocycles. The molecule has 0 aliphatic carbocycles. The van der Waals surface area contributed by atoms with E-state index >= 15 is 0 Å². The molecule has 0 bridgehead atoms. The topological polar surface area (TPSA) is 114 Å². The van der Waals surface area contributed by atoms with Crippen molar-refractivity contribution in [3.8, 4) is 5.75 Å². The predicted octanol–water partition coefficient (Wildman–Crippen LogP) is 3.02. The number of hydrogen-bond acceptors (Lipinski definition) is 5. The number of sulfonamides is 1. The molecule has 3 rings (SSSR count). The van der Waals surface area contributed by atoms with Crippen molar-refractivity contribution in [1.29, 1.82) is 0 Å². The fourth-order valence-electron chi connectivity index (χ4n) is 2.41. The van der Waals surface area contributed by atoms with Gasteiger partial charge in [-0.2, -0.15) is 8.78 Å². The molecule has 0 spiro atoms. The van der Waals surface area contributed by atoms with Crippen molar-refractivity contribution in [1.82, 2.24) is 0 Å². The molecule has 0 aromatic heterocycles. The van der Waals surface area contributed by atoms with Gasteiger partial charge in [-0.15, -0.1) is 0 Å². The molecule has 0 saturated heterocycles. The van der Waals surface area contributed by atoms with Gasteiger partial charge >= 0.3 is 6.61 Å². The third-order valence-corrected chi connectivity index (χ3v) is 5.25. The van der Waals surface area contributed by atoms with Crippen LogP contribution in [0.15, 0.2) is 41.3 Å². The summed E-state index contributed by atoms with van der Waals surface area (Å²) in [5, 5.41) is 4.71. The van der Waals surface area contributed by atoms with Crippen LogP contribution in [0.5, 0.6) is 5.75 Å². The lowest BCUT2D eigenvalue weighted by Gasteiger charge is -2.13. The second-order valence-electron chi connectivity index (χ2n) is 5.61. The van der Waals surface area contributed by atoms with E-state index in [1.807, 2.05) is 0 Å². The summed E-state index contributed by atoms with van der Waals surface area (Å²) in [5.74, 6) is -1.41. The Morgan fingerprint density at radius 1 is 1.04 bits per heavy atom. The van der Waals surface area contributed by atoms with E-state index in [1.165, 1.54) is 24.3 Å². The highest BCUT2D eigenvalue weighted by molar-refractivity contribution is 7.92. The van der Waals surface area contributed by atoms with Crippen LogP contribution in [0, 0.1) is 0 Å². The van der Waals surface area contributed by atoms with E-state index in [0.29, 0.717) is 0 Å². The Morgan fingerprint density at radius 2 is 1.71 bits per heavy atom. The van der Waals surface area contributed by atoms with Crippen molar-refractivity contribution in [2.24, 2.45) is 0 Å². The van der Waals surface area contributed by atoms with Crippen LogP contribution in [0.2, 0.25) is 5.02 Å². The SMILES string of the molecule is O=C1CC(=O)Nc2cc(S(=O)(=O)Nc3ccc(OC(F)F)c(Cl)c3)ccc2N1. The maximum Gasteiger partial charge on any atom is 0.387 e. The van der Waals surface area contributed by atoms with E-state index in [4.69, 9.17) is 11.6 Å². The lowest BCUT2D eigenvalue weighted by atomic mass is 10.2. The number of carbonyl (C=O) groups is 2. The van der Waals surface area contributed by atoms with Crippen LogP contribution >= 0.6 is 11.6 Å². The van der Waals surface area contributed by atoms with Crippen molar-refractivity contribution in [2.45, 2.75) is 17.9 Å². The lowest BCUT2D eigenvalue weighted by Crippen LogP contribution is -2.16. The number of ether oxygens (including phenoxy) is 1. The number of hydrogen-bond donors (Lipinski definition) is 3. The summed E-state index contributed by atoms with van der Waals surface area (Å²) in [7, 11) is -4.10. The zero-order valence-corrected chi connectivity index (χ0v) is 15.4. The molecule has 2 aromatic carbocycles. The quantitative estimate of drug-likeness (QED) is 0.630. The molecular weight excluding hydrogens is 420 g/mol. The van der Waals surface area contributed by atoms with Gasteiger partial charge in [-0.25, -0.2) is 8.42 Å². The minimum absolute atomic E-state index is 0.0129. The van der Waals surface area contributed by atoms with Gasteiger partial charge < -0.3 is 15.4 Å². The fourth-order valence-corrected chi connectivity index (χ4v) is 3.71. The summed E-state index contributed by atoms with van der Waals surface area (Å²) in [5.41, 5.74) is 0.391. The first-order chi connectivity index (χ1) is 13.1. The number of benzene rings is 2. The molecule has 2 amide bonds. The van der Waals surface area contributed by atoms with Gasteiger partial charge in [0.25, 0.3) is 10.0 Å². The van der Waals surface area contributed by atoms with E-state index in [9.17, 15) is 26.8 Å². The van der Waals surface area contributed by atoms with Crippen molar-refractivity contribution in [3.05, 3.63) is 41.4 Å². The summed E-state index contributed by atoms with van der Waals surface area (Å²) in [4.78, 5) is 23.0. The number of carbonyl (C=O) groups excluding carboxylic acids is 2. The van der Waals surface area contributed by atoms with E-state index in [2.05, 4.69) is 20.1 Å². The summed E-state index contributed by atoms with van der Waals surface area (Å²) < 4.78 is 56.1. The molecule has 1 aliphatic rings. The first kappa shape index (κ1) is 19.8. The van der Waals surface area contributed by atoms with E-state index in [1.54, 1.807) is 0 Å². The summed E-state index contributed by atoms with van der Waals surface area (Å²) in [6.45, 7) is -3.07. The minimum Gasteiger partial charge on any atom is -0.433 e. The first-order valence-corrected chi connectivity index (χ1v) is 9.51. The minimum atomic E-state index is -4.10. The highest BCUT2D eigenvalue weighted by Gasteiger charge is 2.22. The van der Waals surface area contributed by atoms with Gasteiger partial charge in [-0.3, -0.25) is 14.3 Å². The fraction of sp³-hybridized carbons (Fsp3) is 0.125. The molecule has 0 fully saturated rings. The van der Waals surface area contributed by atoms with Crippen LogP contribution in [0.3, 0.4) is 0 Å². The molecule has 2 aromatic rings. The Morgan fingerprint density at radius 3 is 2.36 bits per heavy atom. The second kappa shape index (κ2) is 7.60. The van der Waals surface area contributed by atoms with Crippen molar-refractivity contribution in [2.75, 3.05) is 15.4 Å². The van der Waals surface area contributed by atoms with Gasteiger partial charge in [-0.05, 0) is 36.4 Å². The van der Waals surface area contributed by atoms with Crippen molar-refractivity contribution in [3.63, 3.8) is 0 Å². The number of nitrogens with one attached hydrogen (secondary N) is 3. The summed E-state index contributed by atoms with van der Waals surface area (Å²) >= 11 is 5.81. The molecule has 28 heavy (non-hydrogen) atoms. The Bertz CT molecular complexity index is 1060. The molecule has 3 N–H and O–H groups in total. The molecule has 148 valence electrons. The zero-order chi connectivity index (χ0) is 20.5. The normalized spacial score (nSPS) is 14.0. The Balaban J connectivity index is 1.86. The molecule has 0 saturated carbocycles. The number of alkyl halides is 2. The molecule has 1 aliphatic heterocycles. The van der Waals surface area contributed by atoms with Gasteiger partial charge in [0, 0.05) is 0 Å². The lowest BCUT2D eigenvalue weighted by molar-refractivity contribution is -0.123. The van der Waals surface area contributed by atoms with Gasteiger partial charge in [0.05, 0.1) is 27.0 Å². The predicted molar refractivity (Wildman–Crippen MR) is 97.2 cm³/mol. The average Bonchev–Trinajstić information content (AvgIpc) is 2.72. The molecule has 8 nitrogen and oxygen atoms in total. The highest BCUT2D eigenvalue weighted by atomic mass is 35.5. The first-order valence-electron chi connectivity index (χ1n) is 7.65. The van der Waals surface area contributed by atoms with Gasteiger partial charge in [0.15, 0.2) is 0 Å². The van der Waals surface area contributed by atoms with Crippen LogP contribution < -0.4 is 20.1 Å². The van der Waals surface area contributed by atoms with E-state index < -0.39 is 28.4 Å². The third kappa shape index (κ3) is 4.49. The number of halogens is 3. The number of rotatable bonds is 5. The number of fused-ring (bicyclic) bond motifs is 1. The number of anilines is 3. The molecule has 12 heteroatoms. The molecule has 0 unspecified atom stereocenters. The van der Waals surface area contributed by atoms with Gasteiger partial charge in [0.1, 0.15) is 12.2 Å². The molecule has 0 atom stereocenters. The molecule has 0 radical (unpaired) electrons. The van der Waals surface area contributed by atoms with E-state index in [-0.39, 0.29) is 39.2 Å². The summed E-state index contributed by atoms with van der Waals surface area (Å²) in [6, 6.07) is 7.15. The average molecular weight is 432 g/mol. The Hall–Kier alpha value is -2.92. The van der Waals surface area contributed by atoms with Crippen LogP contribution in [-0.2, 0) is 19.6 Å². The monoisotopic (exact) mass is 431 g/mol. The van der Waals surface area contributed by atoms with Crippen LogP contribution in [-0.4, -0.2) is 26.8 Å². The maximum absolute atomic E-state index is 12.6. The van der Waals surface area contributed by atoms with Crippen LogP contribution in [0.1, 0.15) is 6.42 Å². The van der Waals surface area contributed by atoms with E-state index in [0.717, 1.165) is 12.1 Å². The Labute approximate surface area is 162 Å². The highest BCUT2D eigenvalue weighted by Crippen LogP contribution is 2.31. The standard InChI is InChI=1S/C16H12ClF2N3O5S/c17-10-5-8(1-4-13(10)27-16(18)19)22-28(25,26)9-2-3-11-12(6-9)21-15(24)7-14(23)20-11/h1-6,16,22H,7H2,(H,20,23)(H,21,24). The van der Waals surface area contributed by atoms with Crippen molar-refractivity contribution >= 4 is 50.5 Å². The van der Waals surface area contributed by atoms with Crippen LogP contribution in [0.4, 0.5) is 25.8 Å². The van der Waals surface area contributed by atoms with Gasteiger partial charge in [0.2, 0.25) is 11.8 Å². The van der Waals surface area contributed by atoms with Crippen LogP contribution in [0.25, 0.3) is 0 Å². The molecular formula is C16H12ClF2N3O5S. The maximum atomic E-state index is 12.6. The Kier molecular flexibility index (Phi) is 5.38. The number of amides is 2. The largest absolute Gasteiger partial charge is 0.433 e.